The van der Waals surface area contributed by atoms with Crippen molar-refractivity contribution in [1.29, 1.82) is 0 Å². The monoisotopic (exact) mass is 509 g/mol. The maximum absolute atomic E-state index is 13.6. The fourth-order valence-electron chi connectivity index (χ4n) is 1.73. The first kappa shape index (κ1) is 19.9. The summed E-state index contributed by atoms with van der Waals surface area (Å²) < 4.78 is 101. The van der Waals surface area contributed by atoms with E-state index < -0.39 is 41.0 Å². The third-order valence-electron chi connectivity index (χ3n) is 2.93. The van der Waals surface area contributed by atoms with Crippen LogP contribution in [0.25, 0.3) is 0 Å². The molecule has 0 atom stereocenters. The Bertz CT molecular complexity index is 1020. The van der Waals surface area contributed by atoms with Crippen LogP contribution in [0.15, 0.2) is 52.3 Å². The van der Waals surface area contributed by atoms with Crippen LogP contribution in [0.2, 0.25) is 0 Å². The van der Waals surface area contributed by atoms with Crippen LogP contribution >= 0.6 is 22.6 Å². The number of sulfone groups is 1. The van der Waals surface area contributed by atoms with E-state index in [2.05, 4.69) is 4.72 Å². The van der Waals surface area contributed by atoms with Crippen LogP contribution in [-0.4, -0.2) is 22.3 Å². The Hall–Kier alpha value is -1.41. The third kappa shape index (κ3) is 4.06. The Morgan fingerprint density at radius 1 is 0.960 bits per heavy atom. The molecule has 0 aromatic heterocycles. The molecule has 2 aromatic rings. The summed E-state index contributed by atoms with van der Waals surface area (Å²) in [6, 6.07) is 7.27. The topological polar surface area (TPSA) is 80.3 Å². The molecule has 136 valence electrons. The minimum absolute atomic E-state index is 0.132. The Balaban J connectivity index is 2.54. The molecule has 0 saturated heterocycles. The van der Waals surface area contributed by atoms with Crippen molar-refractivity contribution >= 4 is 48.1 Å². The Kier molecular flexibility index (Phi) is 5.35. The van der Waals surface area contributed by atoms with E-state index in [0.717, 1.165) is 0 Å². The maximum atomic E-state index is 13.6. The van der Waals surface area contributed by atoms with E-state index in [-0.39, 0.29) is 11.8 Å². The standard InChI is InChI=1S/C13H8F4INO4S2/c14-9-6-5-8(7-12(9)24(20,21)13(15,16)17)25(22,23)19-11-4-2-1-3-10(11)18/h1-7,19H. The third-order valence-corrected chi connectivity index (χ3v) is 6.73. The van der Waals surface area contributed by atoms with E-state index in [1.54, 1.807) is 12.1 Å². The normalized spacial score (nSPS) is 12.8. The van der Waals surface area contributed by atoms with Crippen molar-refractivity contribution in [3.8, 4) is 0 Å². The number of hydrogen-bond acceptors (Lipinski definition) is 4. The minimum atomic E-state index is -6.04. The van der Waals surface area contributed by atoms with Crippen LogP contribution in [-0.2, 0) is 19.9 Å². The summed E-state index contributed by atoms with van der Waals surface area (Å²) in [5.41, 5.74) is -5.63. The van der Waals surface area contributed by atoms with E-state index >= 15 is 0 Å². The van der Waals surface area contributed by atoms with Gasteiger partial charge in [0.1, 0.15) is 10.7 Å². The zero-order valence-electron chi connectivity index (χ0n) is 11.9. The molecule has 0 aliphatic heterocycles. The van der Waals surface area contributed by atoms with Crippen molar-refractivity contribution in [2.24, 2.45) is 0 Å². The number of nitrogens with one attached hydrogen (secondary N) is 1. The van der Waals surface area contributed by atoms with Gasteiger partial charge in [-0.2, -0.15) is 13.2 Å². The molecular weight excluding hydrogens is 501 g/mol. The molecule has 0 heterocycles. The Morgan fingerprint density at radius 3 is 2.12 bits per heavy atom. The van der Waals surface area contributed by atoms with E-state index in [1.165, 1.54) is 12.1 Å². The Morgan fingerprint density at radius 2 is 1.56 bits per heavy atom. The first-order valence-corrected chi connectivity index (χ1v) is 10.3. The van der Waals surface area contributed by atoms with Crippen LogP contribution in [0.3, 0.4) is 0 Å². The SMILES string of the molecule is O=S(=O)(Nc1ccccc1I)c1ccc(F)c(S(=O)(=O)C(F)(F)F)c1. The second kappa shape index (κ2) is 6.72. The zero-order chi connectivity index (χ0) is 19.0. The lowest BCUT2D eigenvalue weighted by atomic mass is 10.3. The van der Waals surface area contributed by atoms with Gasteiger partial charge in [0.05, 0.1) is 10.6 Å². The van der Waals surface area contributed by atoms with Crippen molar-refractivity contribution in [2.45, 2.75) is 15.3 Å². The van der Waals surface area contributed by atoms with Crippen LogP contribution in [0.4, 0.5) is 23.2 Å². The molecule has 2 aromatic carbocycles. The van der Waals surface area contributed by atoms with Crippen LogP contribution in [0, 0.1) is 9.39 Å². The van der Waals surface area contributed by atoms with E-state index in [9.17, 15) is 34.4 Å². The molecule has 0 fully saturated rings. The molecule has 0 saturated carbocycles. The molecule has 5 nitrogen and oxygen atoms in total. The molecule has 25 heavy (non-hydrogen) atoms. The molecule has 0 aliphatic rings. The lowest BCUT2D eigenvalue weighted by Gasteiger charge is -2.12. The number of hydrogen-bond donors (Lipinski definition) is 1. The second-order valence-corrected chi connectivity index (χ2v) is 9.38. The van der Waals surface area contributed by atoms with Crippen LogP contribution in [0.1, 0.15) is 0 Å². The number of anilines is 1. The highest BCUT2D eigenvalue weighted by Gasteiger charge is 2.48. The zero-order valence-corrected chi connectivity index (χ0v) is 15.7. The molecule has 0 spiro atoms. The van der Waals surface area contributed by atoms with Gasteiger partial charge in [-0.05, 0) is 52.9 Å². The molecule has 0 aliphatic carbocycles. The number of para-hydroxylation sites is 1. The largest absolute Gasteiger partial charge is 0.502 e. The molecular formula is C13H8F4INO4S2. The second-order valence-electron chi connectivity index (χ2n) is 4.63. The fraction of sp³-hybridized carbons (Fsp3) is 0.0769. The first-order chi connectivity index (χ1) is 11.4. The number of benzene rings is 2. The maximum Gasteiger partial charge on any atom is 0.502 e. The van der Waals surface area contributed by atoms with Gasteiger partial charge in [0.15, 0.2) is 0 Å². The lowest BCUT2D eigenvalue weighted by molar-refractivity contribution is -0.0437. The average molecular weight is 509 g/mol. The van der Waals surface area contributed by atoms with Crippen molar-refractivity contribution in [3.05, 3.63) is 51.9 Å². The molecule has 0 radical (unpaired) electrons. The van der Waals surface area contributed by atoms with Gasteiger partial charge in [0.25, 0.3) is 19.9 Å². The average Bonchev–Trinajstić information content (AvgIpc) is 2.48. The summed E-state index contributed by atoms with van der Waals surface area (Å²) >= 11 is 1.82. The summed E-state index contributed by atoms with van der Waals surface area (Å²) in [4.78, 5) is -2.58. The molecule has 0 unspecified atom stereocenters. The van der Waals surface area contributed by atoms with Gasteiger partial charge in [0, 0.05) is 3.57 Å². The van der Waals surface area contributed by atoms with Gasteiger partial charge >= 0.3 is 5.51 Å². The van der Waals surface area contributed by atoms with Gasteiger partial charge in [-0.1, -0.05) is 12.1 Å². The highest BCUT2D eigenvalue weighted by molar-refractivity contribution is 14.1. The van der Waals surface area contributed by atoms with Crippen LogP contribution in [0.5, 0.6) is 0 Å². The van der Waals surface area contributed by atoms with Gasteiger partial charge in [-0.15, -0.1) is 0 Å². The number of halogens is 5. The van der Waals surface area contributed by atoms with Crippen LogP contribution < -0.4 is 4.72 Å². The van der Waals surface area contributed by atoms with E-state index in [4.69, 9.17) is 0 Å². The van der Waals surface area contributed by atoms with Crippen molar-refractivity contribution in [1.82, 2.24) is 0 Å². The highest BCUT2D eigenvalue weighted by atomic mass is 127. The predicted octanol–water partition coefficient (Wildman–Crippen LogP) is 3.52. The summed E-state index contributed by atoms with van der Waals surface area (Å²) in [5, 5.41) is 0. The van der Waals surface area contributed by atoms with Crippen molar-refractivity contribution in [2.75, 3.05) is 4.72 Å². The van der Waals surface area contributed by atoms with Gasteiger partial charge < -0.3 is 0 Å². The number of alkyl halides is 3. The summed E-state index contributed by atoms with van der Waals surface area (Å²) in [7, 11) is -10.5. The molecule has 2 rings (SSSR count). The Labute approximate surface area is 154 Å². The molecule has 12 heteroatoms. The smallest absolute Gasteiger partial charge is 0.279 e. The van der Waals surface area contributed by atoms with E-state index in [1.807, 2.05) is 22.6 Å². The molecule has 0 bridgehead atoms. The van der Waals surface area contributed by atoms with Crippen molar-refractivity contribution in [3.63, 3.8) is 0 Å². The summed E-state index contributed by atoms with van der Waals surface area (Å²) in [6.45, 7) is 0. The lowest BCUT2D eigenvalue weighted by Crippen LogP contribution is -2.25. The molecule has 1 N–H and O–H groups in total. The summed E-state index contributed by atoms with van der Waals surface area (Å²) in [6.07, 6.45) is 0. The minimum Gasteiger partial charge on any atom is -0.279 e. The quantitative estimate of drug-likeness (QED) is 0.506. The van der Waals surface area contributed by atoms with Gasteiger partial charge in [-0.25, -0.2) is 21.2 Å². The van der Waals surface area contributed by atoms with E-state index in [0.29, 0.717) is 15.7 Å². The number of rotatable bonds is 4. The molecule has 0 amide bonds. The number of sulfonamides is 1. The van der Waals surface area contributed by atoms with Gasteiger partial charge in [0.2, 0.25) is 0 Å². The first-order valence-electron chi connectivity index (χ1n) is 6.24. The predicted molar refractivity (Wildman–Crippen MR) is 89.6 cm³/mol. The van der Waals surface area contributed by atoms with Gasteiger partial charge in [-0.3, -0.25) is 4.72 Å². The highest BCUT2D eigenvalue weighted by Crippen LogP contribution is 2.33. The fourth-order valence-corrected chi connectivity index (χ4v) is 4.47. The summed E-state index contributed by atoms with van der Waals surface area (Å²) in [5.74, 6) is -1.70. The van der Waals surface area contributed by atoms with Crippen molar-refractivity contribution < 1.29 is 34.4 Å².